The van der Waals surface area contributed by atoms with E-state index in [1.807, 2.05) is 34.9 Å². The summed E-state index contributed by atoms with van der Waals surface area (Å²) in [6.07, 6.45) is 0. The molecular formula is C29H26FN3O2S. The average molecular weight is 500 g/mol. The molecule has 0 saturated carbocycles. The first-order chi connectivity index (χ1) is 17.6. The molecule has 0 bridgehead atoms. The molecule has 0 saturated heterocycles. The Balaban J connectivity index is 1.51. The molecule has 5 rings (SSSR count). The first kappa shape index (κ1) is 23.9. The fourth-order valence-corrected chi connectivity index (χ4v) is 5.09. The van der Waals surface area contributed by atoms with Gasteiger partial charge in [-0.2, -0.15) is 0 Å². The van der Waals surface area contributed by atoms with Gasteiger partial charge in [0.15, 0.2) is 5.16 Å². The second kappa shape index (κ2) is 10.4. The highest BCUT2D eigenvalue weighted by Crippen LogP contribution is 2.33. The van der Waals surface area contributed by atoms with Crippen molar-refractivity contribution in [2.45, 2.75) is 23.8 Å². The quantitative estimate of drug-likeness (QED) is 0.215. The molecule has 0 aliphatic rings. The second-order valence-electron chi connectivity index (χ2n) is 8.49. The molecule has 5 nitrogen and oxygen atoms in total. The van der Waals surface area contributed by atoms with E-state index in [0.29, 0.717) is 5.75 Å². The molecule has 0 fully saturated rings. The molecule has 0 N–H and O–H groups in total. The monoisotopic (exact) mass is 499 g/mol. The van der Waals surface area contributed by atoms with Gasteiger partial charge in [-0.05, 0) is 70.4 Å². The molecule has 182 valence electrons. The maximum absolute atomic E-state index is 13.7. The summed E-state index contributed by atoms with van der Waals surface area (Å²) in [6, 6.07) is 26.8. The number of hydrogen-bond acceptors (Lipinski definition) is 5. The van der Waals surface area contributed by atoms with Crippen LogP contribution in [0, 0.1) is 5.82 Å². The standard InChI is InChI=1S/C29H26FN3O2S/c1-19(21-7-8-23-17-27(35-3)14-9-22(23)16-21)28-31-32-29(33(28)25-12-10-24(30)11-13-25)36-18-20-5-4-6-26(15-20)34-2/h4-17,19H,18H2,1-3H3/t19-/m0/s1. The zero-order valence-electron chi connectivity index (χ0n) is 20.3. The van der Waals surface area contributed by atoms with Crippen LogP contribution in [0.4, 0.5) is 4.39 Å². The molecule has 0 radical (unpaired) electrons. The zero-order valence-corrected chi connectivity index (χ0v) is 21.1. The van der Waals surface area contributed by atoms with Crippen molar-refractivity contribution in [2.24, 2.45) is 0 Å². The number of thioether (sulfide) groups is 1. The van der Waals surface area contributed by atoms with Crippen molar-refractivity contribution in [3.63, 3.8) is 0 Å². The van der Waals surface area contributed by atoms with Crippen LogP contribution in [0.25, 0.3) is 16.5 Å². The number of ether oxygens (including phenoxy) is 2. The Labute approximate surface area is 213 Å². The van der Waals surface area contributed by atoms with E-state index in [1.165, 1.54) is 12.1 Å². The second-order valence-corrected chi connectivity index (χ2v) is 9.43. The molecule has 1 atom stereocenters. The predicted octanol–water partition coefficient (Wildman–Crippen LogP) is 7.02. The molecule has 0 amide bonds. The first-order valence-electron chi connectivity index (χ1n) is 11.6. The Morgan fingerprint density at radius 1 is 0.833 bits per heavy atom. The number of halogens is 1. The van der Waals surface area contributed by atoms with Gasteiger partial charge in [0.05, 0.1) is 14.2 Å². The third-order valence-corrected chi connectivity index (χ3v) is 7.20. The van der Waals surface area contributed by atoms with Gasteiger partial charge in [0.2, 0.25) is 0 Å². The van der Waals surface area contributed by atoms with Gasteiger partial charge in [-0.25, -0.2) is 4.39 Å². The van der Waals surface area contributed by atoms with Crippen LogP contribution in [0.1, 0.15) is 29.8 Å². The summed E-state index contributed by atoms with van der Waals surface area (Å²) in [4.78, 5) is 0. The molecule has 7 heteroatoms. The molecule has 0 aliphatic carbocycles. The van der Waals surface area contributed by atoms with E-state index in [9.17, 15) is 4.39 Å². The Hall–Kier alpha value is -3.84. The number of nitrogens with zero attached hydrogens (tertiary/aromatic N) is 3. The Morgan fingerprint density at radius 3 is 2.33 bits per heavy atom. The highest BCUT2D eigenvalue weighted by atomic mass is 32.2. The van der Waals surface area contributed by atoms with Gasteiger partial charge in [0.25, 0.3) is 0 Å². The molecule has 36 heavy (non-hydrogen) atoms. The normalized spacial score (nSPS) is 12.0. The van der Waals surface area contributed by atoms with E-state index in [2.05, 4.69) is 47.5 Å². The van der Waals surface area contributed by atoms with Crippen molar-refractivity contribution in [1.82, 2.24) is 14.8 Å². The van der Waals surface area contributed by atoms with Crippen LogP contribution in [-0.2, 0) is 5.75 Å². The van der Waals surface area contributed by atoms with Gasteiger partial charge in [-0.15, -0.1) is 10.2 Å². The van der Waals surface area contributed by atoms with E-state index >= 15 is 0 Å². The minimum atomic E-state index is -0.281. The lowest BCUT2D eigenvalue weighted by molar-refractivity contribution is 0.414. The van der Waals surface area contributed by atoms with Crippen molar-refractivity contribution in [3.05, 3.63) is 108 Å². The van der Waals surface area contributed by atoms with Gasteiger partial charge in [-0.3, -0.25) is 4.57 Å². The first-order valence-corrected chi connectivity index (χ1v) is 12.6. The zero-order chi connectivity index (χ0) is 25.1. The van der Waals surface area contributed by atoms with Crippen molar-refractivity contribution < 1.29 is 13.9 Å². The van der Waals surface area contributed by atoms with Gasteiger partial charge in [0.1, 0.15) is 23.1 Å². The average Bonchev–Trinajstić information content (AvgIpc) is 3.35. The molecule has 1 heterocycles. The maximum Gasteiger partial charge on any atom is 0.196 e. The summed E-state index contributed by atoms with van der Waals surface area (Å²) >= 11 is 1.58. The van der Waals surface area contributed by atoms with Crippen LogP contribution in [0.15, 0.2) is 90.1 Å². The van der Waals surface area contributed by atoms with Gasteiger partial charge in [0, 0.05) is 17.4 Å². The third-order valence-electron chi connectivity index (χ3n) is 6.20. The Kier molecular flexibility index (Phi) is 6.91. The molecule has 0 unspecified atom stereocenters. The predicted molar refractivity (Wildman–Crippen MR) is 142 cm³/mol. The van der Waals surface area contributed by atoms with Crippen LogP contribution < -0.4 is 9.47 Å². The van der Waals surface area contributed by atoms with Crippen LogP contribution >= 0.6 is 11.8 Å². The molecular weight excluding hydrogens is 473 g/mol. The molecule has 0 spiro atoms. The van der Waals surface area contributed by atoms with Crippen LogP contribution in [-0.4, -0.2) is 29.0 Å². The van der Waals surface area contributed by atoms with Crippen molar-refractivity contribution in [3.8, 4) is 17.2 Å². The van der Waals surface area contributed by atoms with E-state index in [-0.39, 0.29) is 11.7 Å². The lowest BCUT2D eigenvalue weighted by Crippen LogP contribution is -2.08. The Bertz CT molecular complexity index is 1500. The van der Waals surface area contributed by atoms with Crippen LogP contribution in [0.3, 0.4) is 0 Å². The number of benzene rings is 4. The number of methoxy groups -OCH3 is 2. The number of hydrogen-bond donors (Lipinski definition) is 0. The fourth-order valence-electron chi connectivity index (χ4n) is 4.19. The number of aromatic nitrogens is 3. The maximum atomic E-state index is 13.7. The molecule has 4 aromatic carbocycles. The summed E-state index contributed by atoms with van der Waals surface area (Å²) in [5.74, 6) is 2.82. The molecule has 1 aromatic heterocycles. The van der Waals surface area contributed by atoms with Crippen LogP contribution in [0.5, 0.6) is 11.5 Å². The summed E-state index contributed by atoms with van der Waals surface area (Å²) in [6.45, 7) is 2.12. The van der Waals surface area contributed by atoms with E-state index in [1.54, 1.807) is 38.1 Å². The minimum Gasteiger partial charge on any atom is -0.497 e. The van der Waals surface area contributed by atoms with Gasteiger partial charge < -0.3 is 9.47 Å². The smallest absolute Gasteiger partial charge is 0.196 e. The highest BCUT2D eigenvalue weighted by molar-refractivity contribution is 7.98. The SMILES string of the molecule is COc1cccc(CSc2nnc([C@@H](C)c3ccc4cc(OC)ccc4c3)n2-c2ccc(F)cc2)c1. The minimum absolute atomic E-state index is 0.0415. The van der Waals surface area contributed by atoms with Gasteiger partial charge >= 0.3 is 0 Å². The summed E-state index contributed by atoms with van der Waals surface area (Å²) in [5.41, 5.74) is 3.06. The topological polar surface area (TPSA) is 49.2 Å². The molecule has 5 aromatic rings. The largest absolute Gasteiger partial charge is 0.497 e. The van der Waals surface area contributed by atoms with Crippen LogP contribution in [0.2, 0.25) is 0 Å². The van der Waals surface area contributed by atoms with E-state index < -0.39 is 0 Å². The third kappa shape index (κ3) is 4.93. The van der Waals surface area contributed by atoms with Gasteiger partial charge in [-0.1, -0.05) is 55.1 Å². The number of fused-ring (bicyclic) bond motifs is 1. The highest BCUT2D eigenvalue weighted by Gasteiger charge is 2.21. The lowest BCUT2D eigenvalue weighted by Gasteiger charge is -2.16. The van der Waals surface area contributed by atoms with Crippen molar-refractivity contribution >= 4 is 22.5 Å². The van der Waals surface area contributed by atoms with E-state index in [4.69, 9.17) is 9.47 Å². The Morgan fingerprint density at radius 2 is 1.56 bits per heavy atom. The molecule has 0 aliphatic heterocycles. The fraction of sp³-hybridized carbons (Fsp3) is 0.172. The summed E-state index contributed by atoms with van der Waals surface area (Å²) in [5, 5.41) is 12.1. The number of rotatable bonds is 8. The van der Waals surface area contributed by atoms with Crippen molar-refractivity contribution in [1.29, 1.82) is 0 Å². The van der Waals surface area contributed by atoms with Crippen molar-refractivity contribution in [2.75, 3.05) is 14.2 Å². The lowest BCUT2D eigenvalue weighted by atomic mass is 9.97. The summed E-state index contributed by atoms with van der Waals surface area (Å²) in [7, 11) is 3.33. The van der Waals surface area contributed by atoms with E-state index in [0.717, 1.165) is 50.1 Å². The summed E-state index contributed by atoms with van der Waals surface area (Å²) < 4.78 is 26.5.